The van der Waals surface area contributed by atoms with Crippen LogP contribution < -0.4 is 4.74 Å². The zero-order valence-electron chi connectivity index (χ0n) is 7.37. The maximum Gasteiger partial charge on any atom is 0.294 e. The second-order valence-electron chi connectivity index (χ2n) is 2.72. The van der Waals surface area contributed by atoms with Gasteiger partial charge in [-0.3, -0.25) is 4.79 Å². The molecule has 0 amide bonds. The second-order valence-corrected chi connectivity index (χ2v) is 3.06. The molecule has 0 atom stereocenters. The number of imidazole rings is 1. The highest BCUT2D eigenvalue weighted by molar-refractivity contribution is 6.68. The van der Waals surface area contributed by atoms with Gasteiger partial charge in [-0.05, 0) is 23.7 Å². The van der Waals surface area contributed by atoms with Gasteiger partial charge in [-0.15, -0.1) is 0 Å². The van der Waals surface area contributed by atoms with Crippen molar-refractivity contribution in [1.82, 2.24) is 9.97 Å². The number of H-pyrrole nitrogens is 1. The van der Waals surface area contributed by atoms with Gasteiger partial charge in [0.15, 0.2) is 0 Å². The zero-order chi connectivity index (χ0) is 10.1. The minimum absolute atomic E-state index is 0.366. The summed E-state index contributed by atoms with van der Waals surface area (Å²) in [6.07, 6.45) is 0. The highest BCUT2D eigenvalue weighted by Crippen LogP contribution is 2.20. The van der Waals surface area contributed by atoms with E-state index in [9.17, 15) is 4.79 Å². The Balaban J connectivity index is 2.73. The van der Waals surface area contributed by atoms with Gasteiger partial charge in [0.2, 0.25) is 0 Å². The van der Waals surface area contributed by atoms with Gasteiger partial charge in [-0.2, -0.15) is 4.98 Å². The fourth-order valence-electron chi connectivity index (χ4n) is 1.26. The fraction of sp³-hybridized carbons (Fsp3) is 0.111. The molecule has 5 heteroatoms. The smallest absolute Gasteiger partial charge is 0.294 e. The van der Waals surface area contributed by atoms with Crippen molar-refractivity contribution in [3.8, 4) is 6.01 Å². The summed E-state index contributed by atoms with van der Waals surface area (Å²) in [5, 5.41) is -0.523. The summed E-state index contributed by atoms with van der Waals surface area (Å²) in [6.45, 7) is 0. The van der Waals surface area contributed by atoms with E-state index in [2.05, 4.69) is 9.97 Å². The number of carbonyl (C=O) groups is 1. The first-order valence-electron chi connectivity index (χ1n) is 3.95. The zero-order valence-corrected chi connectivity index (χ0v) is 8.13. The number of nitrogens with zero attached hydrogens (tertiary/aromatic N) is 1. The molecule has 0 saturated carbocycles. The molecule has 1 aromatic heterocycles. The van der Waals surface area contributed by atoms with E-state index in [1.54, 1.807) is 18.2 Å². The lowest BCUT2D eigenvalue weighted by atomic mass is 10.2. The van der Waals surface area contributed by atoms with E-state index in [-0.39, 0.29) is 0 Å². The number of aromatic nitrogens is 2. The molecule has 0 radical (unpaired) electrons. The predicted octanol–water partition coefficient (Wildman–Crippen LogP) is 1.95. The van der Waals surface area contributed by atoms with Gasteiger partial charge in [0, 0.05) is 0 Å². The normalized spacial score (nSPS) is 10.4. The van der Waals surface area contributed by atoms with Crippen molar-refractivity contribution < 1.29 is 9.53 Å². The molecule has 4 nitrogen and oxygen atoms in total. The van der Waals surface area contributed by atoms with Crippen LogP contribution >= 0.6 is 11.6 Å². The molecule has 1 aromatic carbocycles. The first-order valence-corrected chi connectivity index (χ1v) is 4.32. The first-order chi connectivity index (χ1) is 6.72. The number of rotatable bonds is 2. The second kappa shape index (κ2) is 3.31. The van der Waals surface area contributed by atoms with Gasteiger partial charge < -0.3 is 9.72 Å². The van der Waals surface area contributed by atoms with Crippen molar-refractivity contribution in [3.63, 3.8) is 0 Å². The van der Waals surface area contributed by atoms with Gasteiger partial charge >= 0.3 is 0 Å². The molecule has 1 heterocycles. The van der Waals surface area contributed by atoms with Crippen molar-refractivity contribution in [2.45, 2.75) is 0 Å². The Kier molecular flexibility index (Phi) is 2.13. The van der Waals surface area contributed by atoms with E-state index in [0.717, 1.165) is 5.52 Å². The molecule has 2 aromatic rings. The number of carbonyl (C=O) groups excluding carboxylic acids is 1. The van der Waals surface area contributed by atoms with Crippen molar-refractivity contribution in [1.29, 1.82) is 0 Å². The third-order valence-electron chi connectivity index (χ3n) is 1.90. The minimum atomic E-state index is -0.523. The van der Waals surface area contributed by atoms with Crippen molar-refractivity contribution in [3.05, 3.63) is 23.8 Å². The number of benzene rings is 1. The SMILES string of the molecule is COc1nc2c(C(=O)Cl)cccc2[nH]1. The number of aromatic amines is 1. The molecule has 1 N–H and O–H groups in total. The number of para-hydroxylation sites is 1. The van der Waals surface area contributed by atoms with Crippen LogP contribution in [0, 0.1) is 0 Å². The summed E-state index contributed by atoms with van der Waals surface area (Å²) in [5.74, 6) is 0. The molecule has 0 fully saturated rings. The average Bonchev–Trinajstić information content (AvgIpc) is 2.59. The molecule has 2 rings (SSSR count). The highest BCUT2D eigenvalue weighted by atomic mass is 35.5. The molecular weight excluding hydrogens is 204 g/mol. The Morgan fingerprint density at radius 2 is 2.36 bits per heavy atom. The fourth-order valence-corrected chi connectivity index (χ4v) is 1.42. The van der Waals surface area contributed by atoms with Crippen molar-refractivity contribution in [2.24, 2.45) is 0 Å². The number of fused-ring (bicyclic) bond motifs is 1. The van der Waals surface area contributed by atoms with E-state index in [0.29, 0.717) is 17.1 Å². The Morgan fingerprint density at radius 1 is 1.57 bits per heavy atom. The number of ether oxygens (including phenoxy) is 1. The third-order valence-corrected chi connectivity index (χ3v) is 2.10. The van der Waals surface area contributed by atoms with E-state index >= 15 is 0 Å². The van der Waals surface area contributed by atoms with Gasteiger partial charge in [0.1, 0.15) is 5.52 Å². The monoisotopic (exact) mass is 210 g/mol. The van der Waals surface area contributed by atoms with E-state index < -0.39 is 5.24 Å². The number of hydrogen-bond donors (Lipinski definition) is 1. The van der Waals surface area contributed by atoms with E-state index in [4.69, 9.17) is 16.3 Å². The quantitative estimate of drug-likeness (QED) is 0.771. The molecule has 72 valence electrons. The Labute approximate surface area is 84.9 Å². The minimum Gasteiger partial charge on any atom is -0.468 e. The molecular formula is C9H7ClN2O2. The number of methoxy groups -OCH3 is 1. The average molecular weight is 211 g/mol. The summed E-state index contributed by atoms with van der Waals surface area (Å²) >= 11 is 5.40. The number of halogens is 1. The lowest BCUT2D eigenvalue weighted by Crippen LogP contribution is -1.89. The van der Waals surface area contributed by atoms with E-state index in [1.165, 1.54) is 7.11 Å². The maximum absolute atomic E-state index is 11.0. The lowest BCUT2D eigenvalue weighted by Gasteiger charge is -1.92. The molecule has 0 bridgehead atoms. The lowest BCUT2D eigenvalue weighted by molar-refractivity contribution is 0.108. The van der Waals surface area contributed by atoms with Crippen molar-refractivity contribution in [2.75, 3.05) is 7.11 Å². The van der Waals surface area contributed by atoms with Crippen LogP contribution in [0.2, 0.25) is 0 Å². The topological polar surface area (TPSA) is 55.0 Å². The van der Waals surface area contributed by atoms with Crippen LogP contribution in [0.5, 0.6) is 6.01 Å². The van der Waals surface area contributed by atoms with Crippen LogP contribution in [-0.4, -0.2) is 22.3 Å². The van der Waals surface area contributed by atoms with Gasteiger partial charge in [-0.1, -0.05) is 6.07 Å². The third kappa shape index (κ3) is 1.33. The molecule has 0 unspecified atom stereocenters. The number of nitrogens with one attached hydrogen (secondary N) is 1. The highest BCUT2D eigenvalue weighted by Gasteiger charge is 2.11. The summed E-state index contributed by atoms with van der Waals surface area (Å²) in [6, 6.07) is 5.52. The molecule has 0 aliphatic rings. The van der Waals surface area contributed by atoms with Crippen molar-refractivity contribution >= 4 is 27.9 Å². The van der Waals surface area contributed by atoms with Gasteiger partial charge in [0.25, 0.3) is 11.3 Å². The van der Waals surface area contributed by atoms with Crippen LogP contribution in [0.1, 0.15) is 10.4 Å². The molecule has 0 saturated heterocycles. The van der Waals surface area contributed by atoms with Gasteiger partial charge in [-0.25, -0.2) is 0 Å². The van der Waals surface area contributed by atoms with Crippen LogP contribution in [0.3, 0.4) is 0 Å². The summed E-state index contributed by atoms with van der Waals surface area (Å²) < 4.78 is 4.91. The maximum atomic E-state index is 11.0. The Bertz CT molecular complexity index is 493. The standard InChI is InChI=1S/C9H7ClN2O2/c1-14-9-11-6-4-2-3-5(8(10)13)7(6)12-9/h2-4H,1H3,(H,11,12). The first kappa shape index (κ1) is 9.02. The number of hydrogen-bond acceptors (Lipinski definition) is 3. The van der Waals surface area contributed by atoms with Crippen LogP contribution in [0.15, 0.2) is 18.2 Å². The largest absolute Gasteiger partial charge is 0.468 e. The van der Waals surface area contributed by atoms with E-state index in [1.807, 2.05) is 0 Å². The summed E-state index contributed by atoms with van der Waals surface area (Å²) in [7, 11) is 1.50. The molecule has 0 aliphatic heterocycles. The molecule has 0 spiro atoms. The van der Waals surface area contributed by atoms with Crippen LogP contribution in [-0.2, 0) is 0 Å². The van der Waals surface area contributed by atoms with Crippen LogP contribution in [0.25, 0.3) is 11.0 Å². The Morgan fingerprint density at radius 3 is 3.00 bits per heavy atom. The Hall–Kier alpha value is -1.55. The molecule has 14 heavy (non-hydrogen) atoms. The molecule has 0 aliphatic carbocycles. The summed E-state index contributed by atoms with van der Waals surface area (Å²) in [5.41, 5.74) is 1.64. The summed E-state index contributed by atoms with van der Waals surface area (Å²) in [4.78, 5) is 18.0. The predicted molar refractivity (Wildman–Crippen MR) is 52.8 cm³/mol. The van der Waals surface area contributed by atoms with Gasteiger partial charge in [0.05, 0.1) is 18.2 Å². The van der Waals surface area contributed by atoms with Crippen LogP contribution in [0.4, 0.5) is 0 Å².